The third kappa shape index (κ3) is 4.65. The fourth-order valence-electron chi connectivity index (χ4n) is 3.20. The van der Waals surface area contributed by atoms with Crippen LogP contribution in [0.1, 0.15) is 27.4 Å². The maximum atomic E-state index is 12.8. The van der Waals surface area contributed by atoms with Crippen molar-refractivity contribution in [3.8, 4) is 0 Å². The number of non-ortho nitro benzene ring substituents is 1. The maximum absolute atomic E-state index is 12.8. The smallest absolute Gasteiger partial charge is 0.270 e. The molecule has 7 nitrogen and oxygen atoms in total. The van der Waals surface area contributed by atoms with Crippen LogP contribution >= 0.6 is 0 Å². The lowest BCUT2D eigenvalue weighted by Gasteiger charge is -2.26. The summed E-state index contributed by atoms with van der Waals surface area (Å²) in [5.41, 5.74) is 7.13. The summed E-state index contributed by atoms with van der Waals surface area (Å²) in [6.45, 7) is 0. The second kappa shape index (κ2) is 8.79. The Morgan fingerprint density at radius 2 is 1.41 bits per heavy atom. The molecule has 0 fully saturated rings. The number of nitrogens with two attached hydrogens (primary N) is 1. The van der Waals surface area contributed by atoms with Crippen LogP contribution in [0.5, 0.6) is 0 Å². The second-order valence-electron chi connectivity index (χ2n) is 6.46. The Balaban J connectivity index is 1.98. The van der Waals surface area contributed by atoms with Gasteiger partial charge in [0, 0.05) is 23.6 Å². The van der Waals surface area contributed by atoms with Gasteiger partial charge in [0.05, 0.1) is 4.92 Å². The molecule has 3 aromatic rings. The topological polar surface area (TPSA) is 115 Å². The van der Waals surface area contributed by atoms with E-state index >= 15 is 0 Å². The standard InChI is InChI=1S/C22H19N3O4/c23-21(26)20(24-22(27)17-12-7-13-18(14-17)25(28)29)19(15-8-3-1-4-9-15)16-10-5-2-6-11-16/h1-14,19-20H,(H2,23,26)(H,24,27)/t20-/m0/s1. The number of nitrogens with one attached hydrogen (secondary N) is 1. The van der Waals surface area contributed by atoms with Crippen molar-refractivity contribution in [3.63, 3.8) is 0 Å². The third-order valence-corrected chi connectivity index (χ3v) is 4.56. The van der Waals surface area contributed by atoms with Gasteiger partial charge in [0.25, 0.3) is 11.6 Å². The summed E-state index contributed by atoms with van der Waals surface area (Å²) in [5, 5.41) is 13.6. The van der Waals surface area contributed by atoms with E-state index in [0.717, 1.165) is 17.2 Å². The minimum atomic E-state index is -1.05. The first-order valence-electron chi connectivity index (χ1n) is 8.92. The van der Waals surface area contributed by atoms with Crippen LogP contribution in [0, 0.1) is 10.1 Å². The van der Waals surface area contributed by atoms with Crippen molar-refractivity contribution in [2.45, 2.75) is 12.0 Å². The van der Waals surface area contributed by atoms with E-state index in [1.165, 1.54) is 18.2 Å². The number of rotatable bonds is 7. The molecular weight excluding hydrogens is 370 g/mol. The second-order valence-corrected chi connectivity index (χ2v) is 6.46. The molecule has 0 heterocycles. The van der Waals surface area contributed by atoms with Crippen LogP contribution in [0.4, 0.5) is 5.69 Å². The molecule has 0 aliphatic carbocycles. The highest BCUT2D eigenvalue weighted by Crippen LogP contribution is 2.28. The lowest BCUT2D eigenvalue weighted by atomic mass is 9.84. The van der Waals surface area contributed by atoms with Crippen LogP contribution in [-0.2, 0) is 4.79 Å². The highest BCUT2D eigenvalue weighted by atomic mass is 16.6. The normalized spacial score (nSPS) is 11.6. The Morgan fingerprint density at radius 1 is 0.862 bits per heavy atom. The number of nitrogens with zero attached hydrogens (tertiary/aromatic N) is 1. The highest BCUT2D eigenvalue weighted by Gasteiger charge is 2.31. The molecule has 1 atom stereocenters. The minimum absolute atomic E-state index is 0.0744. The van der Waals surface area contributed by atoms with Gasteiger partial charge < -0.3 is 11.1 Å². The zero-order valence-corrected chi connectivity index (χ0v) is 15.4. The van der Waals surface area contributed by atoms with E-state index in [0.29, 0.717) is 0 Å². The molecule has 0 saturated heterocycles. The molecule has 0 aliphatic rings. The van der Waals surface area contributed by atoms with Crippen molar-refractivity contribution in [1.82, 2.24) is 5.32 Å². The fraction of sp³-hybridized carbons (Fsp3) is 0.0909. The average molecular weight is 389 g/mol. The minimum Gasteiger partial charge on any atom is -0.368 e. The van der Waals surface area contributed by atoms with E-state index in [1.54, 1.807) is 0 Å². The molecule has 0 unspecified atom stereocenters. The molecule has 0 spiro atoms. The Labute approximate surface area is 167 Å². The van der Waals surface area contributed by atoms with Crippen LogP contribution in [0.3, 0.4) is 0 Å². The number of nitro groups is 1. The molecule has 146 valence electrons. The summed E-state index contributed by atoms with van der Waals surface area (Å²) >= 11 is 0. The molecular formula is C22H19N3O4. The van der Waals surface area contributed by atoms with E-state index in [4.69, 9.17) is 5.73 Å². The van der Waals surface area contributed by atoms with Crippen LogP contribution in [0.25, 0.3) is 0 Å². The first-order chi connectivity index (χ1) is 14.0. The van der Waals surface area contributed by atoms with Gasteiger partial charge in [-0.2, -0.15) is 0 Å². The molecule has 0 aromatic heterocycles. The molecule has 3 N–H and O–H groups in total. The van der Waals surface area contributed by atoms with Gasteiger partial charge in [-0.3, -0.25) is 19.7 Å². The Kier molecular flexibility index (Phi) is 5.99. The van der Waals surface area contributed by atoms with Gasteiger partial charge in [0.1, 0.15) is 6.04 Å². The molecule has 0 bridgehead atoms. The van der Waals surface area contributed by atoms with Crippen molar-refractivity contribution in [1.29, 1.82) is 0 Å². The summed E-state index contributed by atoms with van der Waals surface area (Å²) in [4.78, 5) is 35.5. The van der Waals surface area contributed by atoms with Crippen LogP contribution < -0.4 is 11.1 Å². The van der Waals surface area contributed by atoms with Crippen molar-refractivity contribution < 1.29 is 14.5 Å². The predicted molar refractivity (Wildman–Crippen MR) is 108 cm³/mol. The number of carbonyl (C=O) groups is 2. The number of carbonyl (C=O) groups excluding carboxylic acids is 2. The molecule has 29 heavy (non-hydrogen) atoms. The van der Waals surface area contributed by atoms with Gasteiger partial charge in [-0.15, -0.1) is 0 Å². The zero-order chi connectivity index (χ0) is 20.8. The molecule has 0 aliphatic heterocycles. The van der Waals surface area contributed by atoms with E-state index < -0.39 is 28.7 Å². The van der Waals surface area contributed by atoms with E-state index in [2.05, 4.69) is 5.32 Å². The van der Waals surface area contributed by atoms with Crippen molar-refractivity contribution in [2.24, 2.45) is 5.73 Å². The number of amides is 2. The fourth-order valence-corrected chi connectivity index (χ4v) is 3.20. The Hall–Kier alpha value is -4.00. The summed E-state index contributed by atoms with van der Waals surface area (Å²) in [5.74, 6) is -1.84. The number of nitro benzene ring substituents is 1. The van der Waals surface area contributed by atoms with Crippen LogP contribution in [0.15, 0.2) is 84.9 Å². The van der Waals surface area contributed by atoms with Crippen molar-refractivity contribution >= 4 is 17.5 Å². The van der Waals surface area contributed by atoms with Gasteiger partial charge in [0.15, 0.2) is 0 Å². The van der Waals surface area contributed by atoms with Crippen LogP contribution in [0.2, 0.25) is 0 Å². The van der Waals surface area contributed by atoms with Gasteiger partial charge >= 0.3 is 0 Å². The van der Waals surface area contributed by atoms with Gasteiger partial charge in [-0.05, 0) is 17.2 Å². The summed E-state index contributed by atoms with van der Waals surface area (Å²) in [6, 6.07) is 22.7. The number of primary amides is 1. The van der Waals surface area contributed by atoms with E-state index in [-0.39, 0.29) is 11.3 Å². The van der Waals surface area contributed by atoms with Gasteiger partial charge in [0.2, 0.25) is 5.91 Å². The maximum Gasteiger partial charge on any atom is 0.270 e. The predicted octanol–water partition coefficient (Wildman–Crippen LogP) is 3.01. The zero-order valence-electron chi connectivity index (χ0n) is 15.4. The molecule has 3 rings (SSSR count). The third-order valence-electron chi connectivity index (χ3n) is 4.56. The molecule has 2 amide bonds. The Morgan fingerprint density at radius 3 is 1.90 bits per heavy atom. The Bertz CT molecular complexity index is 983. The van der Waals surface area contributed by atoms with Crippen molar-refractivity contribution in [3.05, 3.63) is 112 Å². The lowest BCUT2D eigenvalue weighted by molar-refractivity contribution is -0.384. The SMILES string of the molecule is NC(=O)[C@@H](NC(=O)c1cccc([N+](=O)[O-])c1)C(c1ccccc1)c1ccccc1. The van der Waals surface area contributed by atoms with Gasteiger partial charge in [-0.25, -0.2) is 0 Å². The van der Waals surface area contributed by atoms with E-state index in [9.17, 15) is 19.7 Å². The molecule has 3 aromatic carbocycles. The molecule has 0 radical (unpaired) electrons. The monoisotopic (exact) mass is 389 g/mol. The quantitative estimate of drug-likeness (QED) is 0.477. The van der Waals surface area contributed by atoms with Crippen LogP contribution in [-0.4, -0.2) is 22.8 Å². The summed E-state index contributed by atoms with van der Waals surface area (Å²) < 4.78 is 0. The van der Waals surface area contributed by atoms with E-state index in [1.807, 2.05) is 60.7 Å². The van der Waals surface area contributed by atoms with Gasteiger partial charge in [-0.1, -0.05) is 66.7 Å². The highest BCUT2D eigenvalue weighted by molar-refractivity contribution is 5.98. The average Bonchev–Trinajstić information content (AvgIpc) is 2.74. The number of hydrogen-bond donors (Lipinski definition) is 2. The lowest BCUT2D eigenvalue weighted by Crippen LogP contribution is -2.48. The summed E-state index contributed by atoms with van der Waals surface area (Å²) in [7, 11) is 0. The van der Waals surface area contributed by atoms with Crippen molar-refractivity contribution in [2.75, 3.05) is 0 Å². The number of hydrogen-bond acceptors (Lipinski definition) is 4. The first-order valence-corrected chi connectivity index (χ1v) is 8.92. The summed E-state index contributed by atoms with van der Waals surface area (Å²) in [6.07, 6.45) is 0. The molecule has 0 saturated carbocycles. The molecule has 7 heteroatoms. The first kappa shape index (κ1) is 19.8. The largest absolute Gasteiger partial charge is 0.368 e. The number of benzene rings is 3.